The second-order valence-corrected chi connectivity index (χ2v) is 18.8. The summed E-state index contributed by atoms with van der Waals surface area (Å²) in [4.78, 5) is 25.8. The number of rotatable bonds is 42. The van der Waals surface area contributed by atoms with Crippen LogP contribution in [0.15, 0.2) is 37.0 Å². The maximum absolute atomic E-state index is 13.0. The molecule has 0 aromatic rings. The molecule has 15 nitrogen and oxygen atoms in total. The zero-order valence-corrected chi connectivity index (χ0v) is 41.7. The van der Waals surface area contributed by atoms with E-state index in [0.29, 0.717) is 12.8 Å². The number of hydrogen-bond acceptors (Lipinski definition) is 15. The Hall–Kier alpha value is -2.28. The van der Waals surface area contributed by atoms with E-state index in [1.165, 1.54) is 83.5 Å². The lowest BCUT2D eigenvalue weighted by atomic mass is 9.98. The molecule has 0 saturated carbocycles. The van der Waals surface area contributed by atoms with Crippen LogP contribution in [0.3, 0.4) is 0 Å². The number of allylic oxidation sites excluding steroid dienone is 5. The normalized spacial score (nSPS) is 25.8. The Bertz CT molecular complexity index is 1310. The molecule has 2 heterocycles. The molecule has 0 amide bonds. The SMILES string of the molecule is C=CCCCCCCCCCCCCCCCC(=O)OC[C@H](CO[C@H]1O[C@@H](CO[C@H]2O[C@@H](CO)[C@@H](O)C(O)C2O)[C@@H](O)C(O)C1O)OC(=O)CCCCCCCCC/C=C/C/C=C/CCCCC. The number of esters is 2. The summed E-state index contributed by atoms with van der Waals surface area (Å²) in [5, 5.41) is 72.1. The summed E-state index contributed by atoms with van der Waals surface area (Å²) in [5.41, 5.74) is 0. The fourth-order valence-electron chi connectivity index (χ4n) is 8.34. The molecule has 0 radical (unpaired) electrons. The Labute approximate surface area is 408 Å². The molecule has 2 fully saturated rings. The molecule has 2 aliphatic rings. The van der Waals surface area contributed by atoms with Crippen molar-refractivity contribution in [3.8, 4) is 0 Å². The molecule has 0 aromatic heterocycles. The second kappa shape index (κ2) is 40.3. The van der Waals surface area contributed by atoms with E-state index in [1.54, 1.807) is 0 Å². The summed E-state index contributed by atoms with van der Waals surface area (Å²) in [6, 6.07) is 0. The monoisotopic (exact) mass is 971 g/mol. The highest BCUT2D eigenvalue weighted by atomic mass is 16.7. The van der Waals surface area contributed by atoms with Crippen molar-refractivity contribution in [3.05, 3.63) is 37.0 Å². The molecule has 2 aliphatic heterocycles. The molecule has 396 valence electrons. The first-order valence-corrected chi connectivity index (χ1v) is 26.5. The van der Waals surface area contributed by atoms with Gasteiger partial charge < -0.3 is 64.2 Å². The fraction of sp³-hybridized carbons (Fsp3) is 0.849. The zero-order chi connectivity index (χ0) is 49.6. The summed E-state index contributed by atoms with van der Waals surface area (Å²) >= 11 is 0. The van der Waals surface area contributed by atoms with Gasteiger partial charge in [0.05, 0.1) is 19.8 Å². The van der Waals surface area contributed by atoms with Gasteiger partial charge in [0.25, 0.3) is 0 Å². The Morgan fingerprint density at radius 3 is 1.47 bits per heavy atom. The van der Waals surface area contributed by atoms with Crippen molar-refractivity contribution in [2.24, 2.45) is 0 Å². The molecule has 7 N–H and O–H groups in total. The lowest BCUT2D eigenvalue weighted by Crippen LogP contribution is -2.61. The maximum atomic E-state index is 13.0. The summed E-state index contributed by atoms with van der Waals surface area (Å²) in [7, 11) is 0. The van der Waals surface area contributed by atoms with Gasteiger partial charge in [0.1, 0.15) is 55.4 Å². The van der Waals surface area contributed by atoms with E-state index in [-0.39, 0.29) is 26.1 Å². The molecule has 2 saturated heterocycles. The molecule has 4 unspecified atom stereocenters. The lowest BCUT2D eigenvalue weighted by molar-refractivity contribution is -0.332. The zero-order valence-electron chi connectivity index (χ0n) is 41.7. The van der Waals surface area contributed by atoms with Crippen LogP contribution in [0.25, 0.3) is 0 Å². The van der Waals surface area contributed by atoms with Crippen LogP contribution in [0.2, 0.25) is 0 Å². The van der Waals surface area contributed by atoms with Gasteiger partial charge in [-0.25, -0.2) is 0 Å². The van der Waals surface area contributed by atoms with E-state index in [2.05, 4.69) is 37.8 Å². The first kappa shape index (κ1) is 61.8. The molecule has 68 heavy (non-hydrogen) atoms. The first-order chi connectivity index (χ1) is 33.0. The van der Waals surface area contributed by atoms with E-state index >= 15 is 0 Å². The minimum atomic E-state index is -1.77. The van der Waals surface area contributed by atoms with Gasteiger partial charge in [-0.3, -0.25) is 9.59 Å². The van der Waals surface area contributed by atoms with E-state index in [9.17, 15) is 45.3 Å². The highest BCUT2D eigenvalue weighted by Crippen LogP contribution is 2.26. The van der Waals surface area contributed by atoms with Crippen molar-refractivity contribution < 1.29 is 73.8 Å². The Kier molecular flexibility index (Phi) is 36.7. The molecule has 0 bridgehead atoms. The molecule has 11 atom stereocenters. The number of ether oxygens (including phenoxy) is 6. The predicted molar refractivity (Wildman–Crippen MR) is 261 cm³/mol. The van der Waals surface area contributed by atoms with Gasteiger partial charge in [-0.2, -0.15) is 0 Å². The number of aliphatic hydroxyl groups is 7. The van der Waals surface area contributed by atoms with E-state index in [1.807, 2.05) is 6.08 Å². The maximum Gasteiger partial charge on any atom is 0.306 e. The molecule has 15 heteroatoms. The van der Waals surface area contributed by atoms with Crippen molar-refractivity contribution in [2.75, 3.05) is 26.4 Å². The smallest absolute Gasteiger partial charge is 0.306 e. The van der Waals surface area contributed by atoms with Crippen LogP contribution in [0.1, 0.15) is 193 Å². The van der Waals surface area contributed by atoms with Crippen molar-refractivity contribution in [2.45, 2.75) is 261 Å². The molecule has 2 rings (SSSR count). The van der Waals surface area contributed by atoms with Crippen molar-refractivity contribution >= 4 is 11.9 Å². The van der Waals surface area contributed by atoms with Crippen LogP contribution >= 0.6 is 0 Å². The average molecular weight is 971 g/mol. The topological polar surface area (TPSA) is 231 Å². The molecule has 0 aromatic carbocycles. The van der Waals surface area contributed by atoms with Crippen LogP contribution in [0.5, 0.6) is 0 Å². The highest BCUT2D eigenvalue weighted by Gasteiger charge is 2.47. The third-order valence-corrected chi connectivity index (χ3v) is 12.7. The van der Waals surface area contributed by atoms with E-state index in [4.69, 9.17) is 28.4 Å². The van der Waals surface area contributed by atoms with Crippen LogP contribution in [0.4, 0.5) is 0 Å². The Morgan fingerprint density at radius 2 is 0.956 bits per heavy atom. The standard InChI is InChI=1S/C53H94O15/c1-3-5-7-9-11-13-15-17-19-20-22-24-26-28-30-32-34-36-45(56)66-41(38-63-44(55)35-33-31-29-27-25-23-21-18-16-14-12-10-8-6-4-2)39-64-52-51(62)49(60)47(58)43(68-52)40-65-53-50(61)48(59)46(57)42(37-54)67-53/h4,11,13,17,19,41-43,46-54,57-62H,2-3,5-10,12,14-16,18,20-40H2,1H3/b13-11+,19-17+/t41-,42+,43+,46-,47-,48?,49?,50?,51?,52+,53+/m1/s1. The van der Waals surface area contributed by atoms with Gasteiger partial charge in [0.15, 0.2) is 18.7 Å². The molecular formula is C53H94O15. The van der Waals surface area contributed by atoms with Crippen LogP contribution in [0, 0.1) is 0 Å². The summed E-state index contributed by atoms with van der Waals surface area (Å²) in [6.45, 7) is 4.10. The van der Waals surface area contributed by atoms with Crippen molar-refractivity contribution in [1.29, 1.82) is 0 Å². The van der Waals surface area contributed by atoms with Crippen LogP contribution in [-0.2, 0) is 38.0 Å². The van der Waals surface area contributed by atoms with Gasteiger partial charge in [0, 0.05) is 12.8 Å². The van der Waals surface area contributed by atoms with Gasteiger partial charge in [-0.15, -0.1) is 6.58 Å². The first-order valence-electron chi connectivity index (χ1n) is 26.5. The number of hydrogen-bond donors (Lipinski definition) is 7. The number of carbonyl (C=O) groups excluding carboxylic acids is 2. The fourth-order valence-corrected chi connectivity index (χ4v) is 8.34. The third kappa shape index (κ3) is 27.9. The Balaban J connectivity index is 1.79. The van der Waals surface area contributed by atoms with Crippen LogP contribution < -0.4 is 0 Å². The van der Waals surface area contributed by atoms with Gasteiger partial charge in [-0.1, -0.05) is 153 Å². The summed E-state index contributed by atoms with van der Waals surface area (Å²) in [6.07, 6.45) is 24.8. The minimum absolute atomic E-state index is 0.156. The van der Waals surface area contributed by atoms with Crippen molar-refractivity contribution in [1.82, 2.24) is 0 Å². The van der Waals surface area contributed by atoms with E-state index < -0.39 is 92.7 Å². The summed E-state index contributed by atoms with van der Waals surface area (Å²) < 4.78 is 33.6. The van der Waals surface area contributed by atoms with Gasteiger partial charge >= 0.3 is 11.9 Å². The lowest BCUT2D eigenvalue weighted by Gasteiger charge is -2.42. The molecule has 0 aliphatic carbocycles. The minimum Gasteiger partial charge on any atom is -0.462 e. The van der Waals surface area contributed by atoms with Crippen molar-refractivity contribution in [3.63, 3.8) is 0 Å². The Morgan fingerprint density at radius 1 is 0.515 bits per heavy atom. The highest BCUT2D eigenvalue weighted by molar-refractivity contribution is 5.70. The second-order valence-electron chi connectivity index (χ2n) is 18.8. The van der Waals surface area contributed by atoms with E-state index in [0.717, 1.165) is 77.0 Å². The third-order valence-electron chi connectivity index (χ3n) is 12.7. The van der Waals surface area contributed by atoms with Gasteiger partial charge in [0.2, 0.25) is 0 Å². The predicted octanol–water partition coefficient (Wildman–Crippen LogP) is 7.71. The summed E-state index contributed by atoms with van der Waals surface area (Å²) in [5.74, 6) is -0.933. The number of unbranched alkanes of at least 4 members (excludes halogenated alkanes) is 23. The quantitative estimate of drug-likeness (QED) is 0.0176. The average Bonchev–Trinajstić information content (AvgIpc) is 3.33. The molecule has 0 spiro atoms. The number of carbonyl (C=O) groups is 2. The molecular weight excluding hydrogens is 877 g/mol. The van der Waals surface area contributed by atoms with Gasteiger partial charge in [-0.05, 0) is 57.8 Å². The van der Waals surface area contributed by atoms with Crippen LogP contribution in [-0.4, -0.2) is 142 Å². The largest absolute Gasteiger partial charge is 0.462 e. The number of aliphatic hydroxyl groups excluding tert-OH is 7.